The first-order chi connectivity index (χ1) is 9.09. The number of rotatable bonds is 5. The fraction of sp³-hybridized carbons (Fsp3) is 0.769. The zero-order chi connectivity index (χ0) is 13.6. The van der Waals surface area contributed by atoms with Crippen LogP contribution in [0.4, 0.5) is 0 Å². The van der Waals surface area contributed by atoms with Crippen LogP contribution in [0.2, 0.25) is 0 Å². The van der Waals surface area contributed by atoms with Crippen molar-refractivity contribution in [2.24, 2.45) is 28.9 Å². The molecule has 3 rings (SSSR count). The van der Waals surface area contributed by atoms with Gasteiger partial charge in [0.1, 0.15) is 6.29 Å². The van der Waals surface area contributed by atoms with Crippen molar-refractivity contribution >= 4 is 18.1 Å². The Morgan fingerprint density at radius 3 is 2.89 bits per heavy atom. The summed E-state index contributed by atoms with van der Waals surface area (Å²) in [6.45, 7) is 1.43. The molecule has 6 heteroatoms. The second-order valence-corrected chi connectivity index (χ2v) is 6.01. The molecule has 2 amide bonds. The second-order valence-electron chi connectivity index (χ2n) is 6.01. The molecular weight excluding hydrogens is 246 g/mol. The highest BCUT2D eigenvalue weighted by Gasteiger charge is 2.68. The van der Waals surface area contributed by atoms with Crippen LogP contribution in [0.3, 0.4) is 0 Å². The number of hydrogen-bond donors (Lipinski definition) is 3. The van der Waals surface area contributed by atoms with Crippen LogP contribution in [0.15, 0.2) is 0 Å². The number of fused-ring (bicyclic) bond motifs is 1. The molecular formula is C13H19N3O3. The molecule has 1 aliphatic carbocycles. The van der Waals surface area contributed by atoms with Crippen LogP contribution >= 0.6 is 0 Å². The smallest absolute Gasteiger partial charge is 0.235 e. The van der Waals surface area contributed by atoms with E-state index in [-0.39, 0.29) is 29.1 Å². The van der Waals surface area contributed by atoms with Crippen molar-refractivity contribution in [1.82, 2.24) is 10.6 Å². The Morgan fingerprint density at radius 1 is 1.58 bits per heavy atom. The molecule has 1 saturated carbocycles. The molecule has 4 N–H and O–H groups in total. The Labute approximate surface area is 111 Å². The fourth-order valence-corrected chi connectivity index (χ4v) is 4.05. The minimum absolute atomic E-state index is 0.0297. The third kappa shape index (κ3) is 1.77. The predicted octanol–water partition coefficient (Wildman–Crippen LogP) is -1.21. The van der Waals surface area contributed by atoms with E-state index in [1.54, 1.807) is 0 Å². The maximum absolute atomic E-state index is 11.6. The van der Waals surface area contributed by atoms with E-state index in [2.05, 4.69) is 10.6 Å². The van der Waals surface area contributed by atoms with Crippen LogP contribution in [-0.4, -0.2) is 37.2 Å². The molecule has 2 aliphatic heterocycles. The van der Waals surface area contributed by atoms with Crippen LogP contribution in [0.25, 0.3) is 0 Å². The molecule has 0 radical (unpaired) electrons. The minimum atomic E-state index is -0.419. The fourth-order valence-electron chi connectivity index (χ4n) is 4.05. The van der Waals surface area contributed by atoms with Crippen LogP contribution in [0.5, 0.6) is 0 Å². The molecule has 6 nitrogen and oxygen atoms in total. The number of primary amides is 1. The number of hydrogen-bond acceptors (Lipinski definition) is 4. The summed E-state index contributed by atoms with van der Waals surface area (Å²) >= 11 is 0. The summed E-state index contributed by atoms with van der Waals surface area (Å²) in [7, 11) is 0. The number of carbonyl (C=O) groups is 3. The molecule has 2 saturated heterocycles. The maximum atomic E-state index is 11.6. The molecule has 0 bridgehead atoms. The van der Waals surface area contributed by atoms with Crippen LogP contribution in [-0.2, 0) is 14.4 Å². The van der Waals surface area contributed by atoms with E-state index in [9.17, 15) is 14.4 Å². The van der Waals surface area contributed by atoms with Crippen molar-refractivity contribution in [2.75, 3.05) is 13.1 Å². The van der Waals surface area contributed by atoms with Crippen LogP contribution in [0.1, 0.15) is 19.3 Å². The lowest BCUT2D eigenvalue weighted by Gasteiger charge is -2.27. The number of nitrogens with one attached hydrogen (secondary N) is 2. The lowest BCUT2D eigenvalue weighted by molar-refractivity contribution is -0.124. The zero-order valence-corrected chi connectivity index (χ0v) is 10.7. The van der Waals surface area contributed by atoms with Crippen LogP contribution < -0.4 is 16.4 Å². The number of aldehydes is 1. The van der Waals surface area contributed by atoms with Gasteiger partial charge in [0.05, 0.1) is 6.04 Å². The standard InChI is InChI=1S/C13H19N3O3/c14-11(18)10-13(4-9(13)5-16-10)8(6-17)3-7-1-2-15-12(7)19/h6-10,16H,1-5H2,(H2,14,18)(H,15,19)/t7-,8-,9?,10?,13?/m1/s1. The third-order valence-corrected chi connectivity index (χ3v) is 5.15. The molecule has 0 aromatic rings. The van der Waals surface area contributed by atoms with Crippen molar-refractivity contribution < 1.29 is 14.4 Å². The van der Waals surface area contributed by atoms with E-state index >= 15 is 0 Å². The summed E-state index contributed by atoms with van der Waals surface area (Å²) in [6, 6.07) is -0.419. The Hall–Kier alpha value is -1.43. The quantitative estimate of drug-likeness (QED) is 0.543. The summed E-state index contributed by atoms with van der Waals surface area (Å²) in [5, 5.41) is 5.90. The highest BCUT2D eigenvalue weighted by atomic mass is 16.2. The van der Waals surface area contributed by atoms with Crippen LogP contribution in [0, 0.1) is 23.2 Å². The largest absolute Gasteiger partial charge is 0.368 e. The van der Waals surface area contributed by atoms with Gasteiger partial charge >= 0.3 is 0 Å². The van der Waals surface area contributed by atoms with Gasteiger partial charge in [-0.2, -0.15) is 0 Å². The van der Waals surface area contributed by atoms with E-state index < -0.39 is 6.04 Å². The van der Waals surface area contributed by atoms with Crippen molar-refractivity contribution in [3.8, 4) is 0 Å². The molecule has 3 aliphatic rings. The van der Waals surface area contributed by atoms with E-state index in [1.807, 2.05) is 0 Å². The lowest BCUT2D eigenvalue weighted by Crippen LogP contribution is -2.47. The topological polar surface area (TPSA) is 101 Å². The van der Waals surface area contributed by atoms with Gasteiger partial charge in [0.25, 0.3) is 0 Å². The third-order valence-electron chi connectivity index (χ3n) is 5.15. The van der Waals surface area contributed by atoms with Gasteiger partial charge < -0.3 is 21.2 Å². The van der Waals surface area contributed by atoms with Gasteiger partial charge in [-0.3, -0.25) is 9.59 Å². The Kier molecular flexibility index (Phi) is 2.85. The van der Waals surface area contributed by atoms with E-state index in [0.29, 0.717) is 18.9 Å². The first-order valence-corrected chi connectivity index (χ1v) is 6.85. The molecule has 3 unspecified atom stereocenters. The van der Waals surface area contributed by atoms with Crippen molar-refractivity contribution in [1.29, 1.82) is 0 Å². The lowest BCUT2D eigenvalue weighted by atomic mass is 9.77. The van der Waals surface area contributed by atoms with Gasteiger partial charge in [-0.05, 0) is 31.7 Å². The first kappa shape index (κ1) is 12.6. The normalized spacial score (nSPS) is 41.5. The van der Waals surface area contributed by atoms with E-state index in [4.69, 9.17) is 5.73 Å². The second kappa shape index (κ2) is 4.30. The molecule has 3 fully saturated rings. The number of carbonyl (C=O) groups excluding carboxylic acids is 3. The van der Waals surface area contributed by atoms with Crippen molar-refractivity contribution in [3.63, 3.8) is 0 Å². The summed E-state index contributed by atoms with van der Waals surface area (Å²) in [5.74, 6) is -0.353. The summed E-state index contributed by atoms with van der Waals surface area (Å²) < 4.78 is 0. The Morgan fingerprint density at radius 2 is 2.37 bits per heavy atom. The molecule has 2 heterocycles. The summed E-state index contributed by atoms with van der Waals surface area (Å²) in [6.07, 6.45) is 3.11. The van der Waals surface area contributed by atoms with Gasteiger partial charge in [-0.25, -0.2) is 0 Å². The SMILES string of the molecule is NC(=O)C1NCC2CC21[C@@H](C=O)C[C@H]1CCNC1=O. The van der Waals surface area contributed by atoms with Crippen molar-refractivity contribution in [3.05, 3.63) is 0 Å². The molecule has 0 spiro atoms. The molecule has 0 aromatic carbocycles. The monoisotopic (exact) mass is 265 g/mol. The Balaban J connectivity index is 1.77. The van der Waals surface area contributed by atoms with E-state index in [1.165, 1.54) is 0 Å². The van der Waals surface area contributed by atoms with Gasteiger partial charge in [-0.1, -0.05) is 0 Å². The molecule has 0 aromatic heterocycles. The maximum Gasteiger partial charge on any atom is 0.235 e. The molecule has 104 valence electrons. The number of piperidine rings is 1. The van der Waals surface area contributed by atoms with Gasteiger partial charge in [0, 0.05) is 23.8 Å². The van der Waals surface area contributed by atoms with E-state index in [0.717, 1.165) is 25.7 Å². The first-order valence-electron chi connectivity index (χ1n) is 6.85. The van der Waals surface area contributed by atoms with Gasteiger partial charge in [0.2, 0.25) is 11.8 Å². The molecule has 5 atom stereocenters. The predicted molar refractivity (Wildman–Crippen MR) is 66.8 cm³/mol. The average Bonchev–Trinajstić information content (AvgIpc) is 2.76. The Bertz CT molecular complexity index is 439. The molecule has 19 heavy (non-hydrogen) atoms. The van der Waals surface area contributed by atoms with Gasteiger partial charge in [-0.15, -0.1) is 0 Å². The minimum Gasteiger partial charge on any atom is -0.368 e. The highest BCUT2D eigenvalue weighted by molar-refractivity contribution is 5.84. The number of nitrogens with two attached hydrogens (primary N) is 1. The zero-order valence-electron chi connectivity index (χ0n) is 10.7. The number of amides is 2. The highest BCUT2D eigenvalue weighted by Crippen LogP contribution is 2.63. The summed E-state index contributed by atoms with van der Waals surface area (Å²) in [5.41, 5.74) is 5.11. The summed E-state index contributed by atoms with van der Waals surface area (Å²) in [4.78, 5) is 34.6. The van der Waals surface area contributed by atoms with Gasteiger partial charge in [0.15, 0.2) is 0 Å². The average molecular weight is 265 g/mol. The van der Waals surface area contributed by atoms with Crippen molar-refractivity contribution in [2.45, 2.75) is 25.3 Å².